The number of benzene rings is 1. The highest BCUT2D eigenvalue weighted by Gasteiger charge is 2.22. The minimum absolute atomic E-state index is 0.207. The van der Waals surface area contributed by atoms with Crippen molar-refractivity contribution in [3.8, 4) is 0 Å². The number of carbonyl (C=O) groups is 1. The molecule has 1 fully saturated rings. The van der Waals surface area contributed by atoms with Crippen molar-refractivity contribution in [2.75, 3.05) is 18.8 Å². The maximum Gasteiger partial charge on any atom is 0.233 e. The van der Waals surface area contributed by atoms with Crippen LogP contribution in [0.4, 0.5) is 0 Å². The molecular weight excluding hydrogens is 406 g/mol. The second-order valence-electron chi connectivity index (χ2n) is 8.43. The summed E-state index contributed by atoms with van der Waals surface area (Å²) in [5, 5.41) is 9.79. The van der Waals surface area contributed by atoms with Gasteiger partial charge in [-0.3, -0.25) is 4.79 Å². The highest BCUT2D eigenvalue weighted by molar-refractivity contribution is 7.99. The van der Waals surface area contributed by atoms with Crippen molar-refractivity contribution in [3.63, 3.8) is 0 Å². The van der Waals surface area contributed by atoms with E-state index in [0.717, 1.165) is 62.2 Å². The summed E-state index contributed by atoms with van der Waals surface area (Å²) in [7, 11) is 2.05. The van der Waals surface area contributed by atoms with Crippen molar-refractivity contribution in [2.45, 2.75) is 44.3 Å². The number of hydrogen-bond donors (Lipinski definition) is 0. The first kappa shape index (κ1) is 21.7. The normalized spacial score (nSPS) is 14.8. The average Bonchev–Trinajstić information content (AvgIpc) is 3.37. The van der Waals surface area contributed by atoms with Crippen molar-refractivity contribution < 1.29 is 4.79 Å². The van der Waals surface area contributed by atoms with Crippen LogP contribution in [0.3, 0.4) is 0 Å². The number of hydrogen-bond acceptors (Lipinski definition) is 4. The van der Waals surface area contributed by atoms with Gasteiger partial charge >= 0.3 is 0 Å². The Morgan fingerprint density at radius 3 is 2.58 bits per heavy atom. The zero-order valence-electron chi connectivity index (χ0n) is 18.4. The zero-order valence-corrected chi connectivity index (χ0v) is 19.2. The topological polar surface area (TPSA) is 56.0 Å². The Morgan fingerprint density at radius 1 is 1.10 bits per heavy atom. The smallest absolute Gasteiger partial charge is 0.233 e. The predicted octanol–water partition coefficient (Wildman–Crippen LogP) is 3.80. The molecule has 0 unspecified atom stereocenters. The van der Waals surface area contributed by atoms with Crippen LogP contribution in [0, 0.1) is 5.92 Å². The summed E-state index contributed by atoms with van der Waals surface area (Å²) < 4.78 is 4.31. The first-order valence-corrected chi connectivity index (χ1v) is 12.1. The van der Waals surface area contributed by atoms with Gasteiger partial charge in [0.05, 0.1) is 5.75 Å². The first-order chi connectivity index (χ1) is 15.1. The molecular formula is C24H31N5OS. The Hall–Kier alpha value is -2.54. The molecule has 1 aliphatic rings. The summed E-state index contributed by atoms with van der Waals surface area (Å²) in [6.07, 6.45) is 5.89. The zero-order chi connectivity index (χ0) is 21.6. The summed E-state index contributed by atoms with van der Waals surface area (Å²) in [4.78, 5) is 14.7. The second kappa shape index (κ2) is 10.2. The number of aromatic nitrogens is 4. The van der Waals surface area contributed by atoms with Crippen LogP contribution in [-0.2, 0) is 31.2 Å². The Morgan fingerprint density at radius 2 is 1.87 bits per heavy atom. The molecule has 1 aromatic carbocycles. The summed E-state index contributed by atoms with van der Waals surface area (Å²) in [6, 6.07) is 14.6. The van der Waals surface area contributed by atoms with Crippen molar-refractivity contribution in [1.29, 1.82) is 0 Å². The number of amides is 1. The molecule has 0 atom stereocenters. The molecule has 3 aromatic rings. The fourth-order valence-corrected chi connectivity index (χ4v) is 4.87. The van der Waals surface area contributed by atoms with Gasteiger partial charge < -0.3 is 14.0 Å². The molecule has 31 heavy (non-hydrogen) atoms. The summed E-state index contributed by atoms with van der Waals surface area (Å²) >= 11 is 1.51. The van der Waals surface area contributed by atoms with Crippen molar-refractivity contribution >= 4 is 17.7 Å². The lowest BCUT2D eigenvalue weighted by Gasteiger charge is -2.30. The van der Waals surface area contributed by atoms with Crippen LogP contribution in [0.2, 0.25) is 0 Å². The molecule has 1 amide bonds. The van der Waals surface area contributed by atoms with E-state index in [1.165, 1.54) is 23.0 Å². The Kier molecular flexibility index (Phi) is 7.12. The van der Waals surface area contributed by atoms with E-state index in [2.05, 4.69) is 56.6 Å². The number of piperidine rings is 1. The number of thioether (sulfide) groups is 1. The van der Waals surface area contributed by atoms with E-state index in [-0.39, 0.29) is 5.91 Å². The third-order valence-corrected chi connectivity index (χ3v) is 7.06. The van der Waals surface area contributed by atoms with Crippen LogP contribution in [0.1, 0.15) is 36.8 Å². The van der Waals surface area contributed by atoms with Gasteiger partial charge in [-0.15, -0.1) is 10.2 Å². The maximum atomic E-state index is 12.7. The lowest BCUT2D eigenvalue weighted by atomic mass is 9.99. The monoisotopic (exact) mass is 437 g/mol. The van der Waals surface area contributed by atoms with Gasteiger partial charge in [-0.1, -0.05) is 49.0 Å². The molecule has 0 saturated carbocycles. The molecule has 4 rings (SSSR count). The number of likely N-dealkylation sites (tertiary alicyclic amines) is 1. The molecule has 164 valence electrons. The van der Waals surface area contributed by atoms with Gasteiger partial charge in [0.2, 0.25) is 5.91 Å². The Balaban J connectivity index is 1.46. The third kappa shape index (κ3) is 5.58. The van der Waals surface area contributed by atoms with Crippen LogP contribution in [0.5, 0.6) is 0 Å². The lowest BCUT2D eigenvalue weighted by Crippen LogP contribution is -2.38. The van der Waals surface area contributed by atoms with E-state index in [1.54, 1.807) is 0 Å². The molecule has 1 aliphatic heterocycles. The average molecular weight is 438 g/mol. The number of rotatable bonds is 8. The molecule has 0 bridgehead atoms. The number of nitrogens with zero attached hydrogens (tertiary/aromatic N) is 5. The summed E-state index contributed by atoms with van der Waals surface area (Å²) in [5.74, 6) is 2.29. The molecule has 0 aliphatic carbocycles. The van der Waals surface area contributed by atoms with E-state index in [9.17, 15) is 4.79 Å². The maximum absolute atomic E-state index is 12.7. The van der Waals surface area contributed by atoms with E-state index >= 15 is 0 Å². The van der Waals surface area contributed by atoms with Crippen molar-refractivity contribution in [2.24, 2.45) is 13.0 Å². The van der Waals surface area contributed by atoms with Gasteiger partial charge in [0.15, 0.2) is 5.16 Å². The third-order valence-electron chi connectivity index (χ3n) is 6.11. The van der Waals surface area contributed by atoms with Gasteiger partial charge in [0.1, 0.15) is 5.82 Å². The predicted molar refractivity (Wildman–Crippen MR) is 124 cm³/mol. The van der Waals surface area contributed by atoms with Crippen LogP contribution in [-0.4, -0.2) is 49.0 Å². The highest BCUT2D eigenvalue weighted by atomic mass is 32.2. The number of carbonyl (C=O) groups excluding carboxylic acids is 1. The fourth-order valence-electron chi connectivity index (χ4n) is 3.98. The van der Waals surface area contributed by atoms with Crippen LogP contribution >= 0.6 is 11.8 Å². The van der Waals surface area contributed by atoms with Gasteiger partial charge in [-0.25, -0.2) is 0 Å². The summed E-state index contributed by atoms with van der Waals surface area (Å²) in [6.45, 7) is 4.81. The van der Waals surface area contributed by atoms with E-state index in [0.29, 0.717) is 5.75 Å². The largest absolute Gasteiger partial charge is 0.354 e. The molecule has 6 nitrogen and oxygen atoms in total. The lowest BCUT2D eigenvalue weighted by molar-refractivity contribution is -0.129. The standard InChI is InChI=1S/C24H31N5OS/c1-19-10-14-28(15-11-19)23(30)18-31-24-26-25-22(17-21-9-6-13-27(21)2)29(24)16-12-20-7-4-3-5-8-20/h3-9,13,19H,10-12,14-18H2,1-2H3. The van der Waals surface area contributed by atoms with Crippen LogP contribution < -0.4 is 0 Å². The molecule has 3 heterocycles. The SMILES string of the molecule is CC1CCN(C(=O)CSc2nnc(Cc3cccn3C)n2CCc2ccccc2)CC1. The van der Waals surface area contributed by atoms with Crippen molar-refractivity contribution in [3.05, 3.63) is 65.7 Å². The number of aryl methyl sites for hydroxylation is 2. The van der Waals surface area contributed by atoms with E-state index < -0.39 is 0 Å². The summed E-state index contributed by atoms with van der Waals surface area (Å²) in [5.41, 5.74) is 2.49. The van der Waals surface area contributed by atoms with Crippen LogP contribution in [0.25, 0.3) is 0 Å². The van der Waals surface area contributed by atoms with Crippen LogP contribution in [0.15, 0.2) is 53.8 Å². The first-order valence-electron chi connectivity index (χ1n) is 11.1. The minimum atomic E-state index is 0.207. The second-order valence-corrected chi connectivity index (χ2v) is 9.37. The van der Waals surface area contributed by atoms with Crippen molar-refractivity contribution in [1.82, 2.24) is 24.2 Å². The highest BCUT2D eigenvalue weighted by Crippen LogP contribution is 2.22. The molecule has 2 aromatic heterocycles. The molecule has 7 heteroatoms. The van der Waals surface area contributed by atoms with Gasteiger partial charge in [-0.2, -0.15) is 0 Å². The molecule has 0 N–H and O–H groups in total. The van der Waals surface area contributed by atoms with Gasteiger partial charge in [0.25, 0.3) is 0 Å². The Bertz CT molecular complexity index is 989. The minimum Gasteiger partial charge on any atom is -0.354 e. The Labute approximate surface area is 188 Å². The quantitative estimate of drug-likeness (QED) is 0.503. The van der Waals surface area contributed by atoms with Gasteiger partial charge in [0, 0.05) is 45.0 Å². The molecule has 0 spiro atoms. The molecule has 0 radical (unpaired) electrons. The van der Waals surface area contributed by atoms with Gasteiger partial charge in [-0.05, 0) is 42.9 Å². The van der Waals surface area contributed by atoms with E-state index in [4.69, 9.17) is 0 Å². The molecule has 1 saturated heterocycles. The van der Waals surface area contributed by atoms with E-state index in [1.807, 2.05) is 30.3 Å². The fraction of sp³-hybridized carbons (Fsp3) is 0.458.